The highest BCUT2D eigenvalue weighted by atomic mass is 35.5. The number of aryl methyl sites for hydroxylation is 1. The van der Waals surface area contributed by atoms with E-state index in [1.165, 1.54) is 6.20 Å². The number of rotatable bonds is 3. The number of pyridine rings is 1. The molecule has 1 aromatic carbocycles. The average Bonchev–Trinajstić information content (AvgIpc) is 2.39. The molecule has 0 aliphatic heterocycles. The molecule has 2 rings (SSSR count). The Labute approximate surface area is 117 Å². The summed E-state index contributed by atoms with van der Waals surface area (Å²) in [4.78, 5) is 16.0. The Morgan fingerprint density at radius 3 is 2.74 bits per heavy atom. The molecule has 2 aromatic rings. The van der Waals surface area contributed by atoms with Crippen LogP contribution in [0.5, 0.6) is 0 Å². The average molecular weight is 275 g/mol. The number of nitrogens with one attached hydrogen (secondary N) is 1. The predicted molar refractivity (Wildman–Crippen MR) is 76.3 cm³/mol. The van der Waals surface area contributed by atoms with Gasteiger partial charge in [-0.15, -0.1) is 0 Å². The summed E-state index contributed by atoms with van der Waals surface area (Å²) in [5, 5.41) is 3.30. The summed E-state index contributed by atoms with van der Waals surface area (Å²) >= 11 is 5.96. The second-order valence-electron chi connectivity index (χ2n) is 4.41. The van der Waals surface area contributed by atoms with E-state index in [9.17, 15) is 4.79 Å². The van der Waals surface area contributed by atoms with Gasteiger partial charge < -0.3 is 5.32 Å². The molecule has 3 nitrogen and oxygen atoms in total. The van der Waals surface area contributed by atoms with Crippen molar-refractivity contribution in [1.82, 2.24) is 10.3 Å². The van der Waals surface area contributed by atoms with Crippen LogP contribution >= 0.6 is 11.6 Å². The van der Waals surface area contributed by atoms with Crippen LogP contribution in [0.1, 0.15) is 34.5 Å². The third-order valence-corrected chi connectivity index (χ3v) is 3.32. The molecule has 1 amide bonds. The van der Waals surface area contributed by atoms with Gasteiger partial charge in [0.2, 0.25) is 0 Å². The van der Waals surface area contributed by atoms with Gasteiger partial charge in [-0.3, -0.25) is 9.78 Å². The van der Waals surface area contributed by atoms with Crippen molar-refractivity contribution in [2.45, 2.75) is 19.9 Å². The first-order chi connectivity index (χ1) is 9.09. The van der Waals surface area contributed by atoms with Crippen molar-refractivity contribution in [2.24, 2.45) is 0 Å². The topological polar surface area (TPSA) is 42.0 Å². The summed E-state index contributed by atoms with van der Waals surface area (Å²) in [6, 6.07) is 9.52. The van der Waals surface area contributed by atoms with Crippen LogP contribution in [0.3, 0.4) is 0 Å². The molecule has 0 aliphatic rings. The van der Waals surface area contributed by atoms with Crippen molar-refractivity contribution in [3.63, 3.8) is 0 Å². The lowest BCUT2D eigenvalue weighted by Gasteiger charge is -2.16. The molecule has 0 aliphatic carbocycles. The number of hydrogen-bond donors (Lipinski definition) is 1. The van der Waals surface area contributed by atoms with Crippen LogP contribution in [0.4, 0.5) is 0 Å². The number of carbonyl (C=O) groups is 1. The molecule has 0 radical (unpaired) electrons. The summed E-state index contributed by atoms with van der Waals surface area (Å²) < 4.78 is 0. The minimum Gasteiger partial charge on any atom is -0.345 e. The molecule has 98 valence electrons. The highest BCUT2D eigenvalue weighted by Crippen LogP contribution is 2.19. The molecule has 1 heterocycles. The first-order valence-corrected chi connectivity index (χ1v) is 6.43. The van der Waals surface area contributed by atoms with Crippen LogP contribution in [0.15, 0.2) is 42.7 Å². The Morgan fingerprint density at radius 1 is 1.32 bits per heavy atom. The van der Waals surface area contributed by atoms with E-state index in [0.29, 0.717) is 10.6 Å². The number of carbonyl (C=O) groups excluding carboxylic acids is 1. The molecular formula is C15H15ClN2O. The van der Waals surface area contributed by atoms with Gasteiger partial charge in [-0.2, -0.15) is 0 Å². The molecule has 4 heteroatoms. The lowest BCUT2D eigenvalue weighted by atomic mass is 10.0. The number of halogens is 1. The normalized spacial score (nSPS) is 11.9. The van der Waals surface area contributed by atoms with Crippen LogP contribution in [-0.2, 0) is 0 Å². The van der Waals surface area contributed by atoms with Gasteiger partial charge in [0.15, 0.2) is 0 Å². The zero-order valence-electron chi connectivity index (χ0n) is 10.9. The van der Waals surface area contributed by atoms with Crippen molar-refractivity contribution in [3.8, 4) is 0 Å². The largest absolute Gasteiger partial charge is 0.345 e. The maximum atomic E-state index is 12.1. The van der Waals surface area contributed by atoms with Crippen molar-refractivity contribution in [1.29, 1.82) is 0 Å². The monoisotopic (exact) mass is 274 g/mol. The van der Waals surface area contributed by atoms with Crippen molar-refractivity contribution in [2.75, 3.05) is 0 Å². The highest BCUT2D eigenvalue weighted by molar-refractivity contribution is 6.33. The van der Waals surface area contributed by atoms with E-state index < -0.39 is 0 Å². The summed E-state index contributed by atoms with van der Waals surface area (Å²) in [7, 11) is 0. The van der Waals surface area contributed by atoms with E-state index in [1.807, 2.05) is 38.1 Å². The smallest absolute Gasteiger partial charge is 0.253 e. The van der Waals surface area contributed by atoms with Crippen LogP contribution < -0.4 is 5.32 Å². The van der Waals surface area contributed by atoms with E-state index in [4.69, 9.17) is 11.6 Å². The minimum atomic E-state index is -0.192. The van der Waals surface area contributed by atoms with Gasteiger partial charge in [-0.05, 0) is 31.0 Å². The molecule has 1 atom stereocenters. The summed E-state index contributed by atoms with van der Waals surface area (Å²) in [5.74, 6) is -0.192. The minimum absolute atomic E-state index is 0.0714. The Morgan fingerprint density at radius 2 is 2.05 bits per heavy atom. The fourth-order valence-electron chi connectivity index (χ4n) is 1.98. The molecule has 0 bridgehead atoms. The Balaban J connectivity index is 2.16. The molecule has 19 heavy (non-hydrogen) atoms. The van der Waals surface area contributed by atoms with Crippen LogP contribution in [0.2, 0.25) is 5.02 Å². The quantitative estimate of drug-likeness (QED) is 0.930. The van der Waals surface area contributed by atoms with E-state index >= 15 is 0 Å². The SMILES string of the molecule is Cc1ccccc1C(C)NC(=O)c1ccncc1Cl. The standard InChI is InChI=1S/C15H15ClN2O/c1-10-5-3-4-6-12(10)11(2)18-15(19)13-7-8-17-9-14(13)16/h3-9,11H,1-2H3,(H,18,19). The molecule has 0 fully saturated rings. The van der Waals surface area contributed by atoms with Gasteiger partial charge in [-0.1, -0.05) is 35.9 Å². The van der Waals surface area contributed by atoms with Gasteiger partial charge in [0.1, 0.15) is 0 Å². The number of amides is 1. The summed E-state index contributed by atoms with van der Waals surface area (Å²) in [5.41, 5.74) is 2.69. The van der Waals surface area contributed by atoms with Gasteiger partial charge in [0.05, 0.1) is 16.6 Å². The Hall–Kier alpha value is -1.87. The maximum Gasteiger partial charge on any atom is 0.253 e. The van der Waals surface area contributed by atoms with E-state index in [-0.39, 0.29) is 11.9 Å². The second-order valence-corrected chi connectivity index (χ2v) is 4.81. The zero-order chi connectivity index (χ0) is 13.8. The van der Waals surface area contributed by atoms with Gasteiger partial charge in [0.25, 0.3) is 5.91 Å². The fourth-order valence-corrected chi connectivity index (χ4v) is 2.19. The fraction of sp³-hybridized carbons (Fsp3) is 0.200. The van der Waals surface area contributed by atoms with Crippen LogP contribution in [0, 0.1) is 6.92 Å². The van der Waals surface area contributed by atoms with Crippen molar-refractivity contribution in [3.05, 3.63) is 64.4 Å². The first-order valence-electron chi connectivity index (χ1n) is 6.05. The Kier molecular flexibility index (Phi) is 4.17. The Bertz CT molecular complexity index is 598. The van der Waals surface area contributed by atoms with Gasteiger partial charge >= 0.3 is 0 Å². The summed E-state index contributed by atoms with van der Waals surface area (Å²) in [6.07, 6.45) is 3.02. The third kappa shape index (κ3) is 3.12. The number of hydrogen-bond acceptors (Lipinski definition) is 2. The molecule has 0 spiro atoms. The number of aromatic nitrogens is 1. The predicted octanol–water partition coefficient (Wildman–Crippen LogP) is 3.53. The summed E-state index contributed by atoms with van der Waals surface area (Å²) in [6.45, 7) is 3.98. The molecule has 1 aromatic heterocycles. The number of benzene rings is 1. The van der Waals surface area contributed by atoms with Crippen molar-refractivity contribution >= 4 is 17.5 Å². The lowest BCUT2D eigenvalue weighted by Crippen LogP contribution is -2.27. The highest BCUT2D eigenvalue weighted by Gasteiger charge is 2.14. The molecule has 1 N–H and O–H groups in total. The van der Waals surface area contributed by atoms with E-state index in [2.05, 4.69) is 10.3 Å². The van der Waals surface area contributed by atoms with E-state index in [0.717, 1.165) is 11.1 Å². The first kappa shape index (κ1) is 13.6. The molecule has 0 saturated carbocycles. The van der Waals surface area contributed by atoms with Gasteiger partial charge in [-0.25, -0.2) is 0 Å². The lowest BCUT2D eigenvalue weighted by molar-refractivity contribution is 0.0940. The molecule has 0 saturated heterocycles. The zero-order valence-corrected chi connectivity index (χ0v) is 11.6. The second kappa shape index (κ2) is 5.85. The van der Waals surface area contributed by atoms with Gasteiger partial charge in [0, 0.05) is 12.4 Å². The van der Waals surface area contributed by atoms with Crippen LogP contribution in [-0.4, -0.2) is 10.9 Å². The van der Waals surface area contributed by atoms with Crippen molar-refractivity contribution < 1.29 is 4.79 Å². The third-order valence-electron chi connectivity index (χ3n) is 3.02. The maximum absolute atomic E-state index is 12.1. The molecular weight excluding hydrogens is 260 g/mol. The number of nitrogens with zero attached hydrogens (tertiary/aromatic N) is 1. The van der Waals surface area contributed by atoms with Crippen LogP contribution in [0.25, 0.3) is 0 Å². The van der Waals surface area contributed by atoms with E-state index in [1.54, 1.807) is 12.3 Å². The molecule has 1 unspecified atom stereocenters.